The van der Waals surface area contributed by atoms with Gasteiger partial charge in [0.2, 0.25) is 0 Å². The fourth-order valence-electron chi connectivity index (χ4n) is 2.07. The van der Waals surface area contributed by atoms with Crippen molar-refractivity contribution in [2.45, 2.75) is 32.7 Å². The van der Waals surface area contributed by atoms with Crippen LogP contribution in [0, 0.1) is 12.7 Å². The number of hydrogen-bond donors (Lipinski definition) is 1. The number of hydrogen-bond acceptors (Lipinski definition) is 2. The smallest absolute Gasteiger partial charge is 0.165 e. The zero-order chi connectivity index (χ0) is 15.4. The van der Waals surface area contributed by atoms with Gasteiger partial charge in [-0.05, 0) is 55.2 Å². The summed E-state index contributed by atoms with van der Waals surface area (Å²) in [6.07, 6.45) is 1.78. The molecule has 2 N–H and O–H groups in total. The highest BCUT2D eigenvalue weighted by atomic mass is 79.9. The number of nitrogens with two attached hydrogens (primary N) is 1. The molecule has 2 aromatic rings. The third-order valence-corrected chi connectivity index (χ3v) is 3.87. The summed E-state index contributed by atoms with van der Waals surface area (Å²) in [7, 11) is 0. The monoisotopic (exact) mass is 351 g/mol. The molecule has 0 radical (unpaired) electrons. The lowest BCUT2D eigenvalue weighted by atomic mass is 10.0. The number of benzene rings is 2. The molecular weight excluding hydrogens is 333 g/mol. The maximum Gasteiger partial charge on any atom is 0.165 e. The van der Waals surface area contributed by atoms with Gasteiger partial charge in [0.05, 0.1) is 0 Å². The lowest BCUT2D eigenvalue weighted by Gasteiger charge is -2.13. The summed E-state index contributed by atoms with van der Waals surface area (Å²) in [6.45, 7) is 4.03. The van der Waals surface area contributed by atoms with Crippen molar-refractivity contribution in [1.82, 2.24) is 0 Å². The first-order chi connectivity index (χ1) is 9.99. The Hall–Kier alpha value is -1.39. The second kappa shape index (κ2) is 7.05. The van der Waals surface area contributed by atoms with Gasteiger partial charge in [-0.25, -0.2) is 4.39 Å². The van der Waals surface area contributed by atoms with Gasteiger partial charge < -0.3 is 10.5 Å². The Balaban J connectivity index is 2.19. The summed E-state index contributed by atoms with van der Waals surface area (Å²) >= 11 is 3.31. The Morgan fingerprint density at radius 2 is 1.95 bits per heavy atom. The van der Waals surface area contributed by atoms with E-state index in [4.69, 9.17) is 10.5 Å². The second-order valence-corrected chi connectivity index (χ2v) is 6.06. The first kappa shape index (κ1) is 16.0. The van der Waals surface area contributed by atoms with Gasteiger partial charge in [0, 0.05) is 10.5 Å². The van der Waals surface area contributed by atoms with Crippen molar-refractivity contribution in [2.75, 3.05) is 0 Å². The molecule has 0 aliphatic heterocycles. The maximum atomic E-state index is 13.7. The van der Waals surface area contributed by atoms with E-state index in [0.29, 0.717) is 5.75 Å². The van der Waals surface area contributed by atoms with Gasteiger partial charge in [0.15, 0.2) is 11.6 Å². The topological polar surface area (TPSA) is 35.2 Å². The van der Waals surface area contributed by atoms with Crippen LogP contribution in [0.4, 0.5) is 4.39 Å². The van der Waals surface area contributed by atoms with E-state index >= 15 is 0 Å². The van der Waals surface area contributed by atoms with E-state index in [9.17, 15) is 4.39 Å². The lowest BCUT2D eigenvalue weighted by molar-refractivity contribution is 0.439. The van der Waals surface area contributed by atoms with E-state index in [0.717, 1.165) is 22.9 Å². The van der Waals surface area contributed by atoms with Crippen LogP contribution in [0.5, 0.6) is 11.5 Å². The van der Waals surface area contributed by atoms with Gasteiger partial charge in [-0.1, -0.05) is 35.0 Å². The molecule has 0 heterocycles. The zero-order valence-corrected chi connectivity index (χ0v) is 13.8. The van der Waals surface area contributed by atoms with Gasteiger partial charge in [0.25, 0.3) is 0 Å². The van der Waals surface area contributed by atoms with Crippen LogP contribution in [0.25, 0.3) is 0 Å². The predicted molar refractivity (Wildman–Crippen MR) is 87.3 cm³/mol. The average Bonchev–Trinajstić information content (AvgIpc) is 2.45. The van der Waals surface area contributed by atoms with E-state index in [-0.39, 0.29) is 17.6 Å². The van der Waals surface area contributed by atoms with Crippen molar-refractivity contribution in [2.24, 2.45) is 5.73 Å². The van der Waals surface area contributed by atoms with Gasteiger partial charge >= 0.3 is 0 Å². The summed E-state index contributed by atoms with van der Waals surface area (Å²) in [5, 5.41) is 0. The minimum Gasteiger partial charge on any atom is -0.454 e. The first-order valence-electron chi connectivity index (χ1n) is 6.97. The third-order valence-electron chi connectivity index (χ3n) is 3.37. The van der Waals surface area contributed by atoms with E-state index in [1.165, 1.54) is 11.6 Å². The molecular formula is C17H19BrFNO. The molecule has 0 bridgehead atoms. The normalized spacial score (nSPS) is 12.2. The Bertz CT molecular complexity index is 630. The van der Waals surface area contributed by atoms with Crippen molar-refractivity contribution in [3.8, 4) is 11.5 Å². The molecule has 2 aromatic carbocycles. The Labute approximate surface area is 133 Å². The van der Waals surface area contributed by atoms with Crippen LogP contribution in [0.3, 0.4) is 0 Å². The minimum atomic E-state index is -0.380. The van der Waals surface area contributed by atoms with Crippen LogP contribution in [-0.4, -0.2) is 6.04 Å². The van der Waals surface area contributed by atoms with E-state index in [1.54, 1.807) is 12.1 Å². The third kappa shape index (κ3) is 4.29. The van der Waals surface area contributed by atoms with Crippen molar-refractivity contribution >= 4 is 15.9 Å². The van der Waals surface area contributed by atoms with Crippen LogP contribution in [-0.2, 0) is 6.42 Å². The molecule has 0 aliphatic carbocycles. The van der Waals surface area contributed by atoms with Gasteiger partial charge in [-0.3, -0.25) is 0 Å². The molecule has 1 atom stereocenters. The highest BCUT2D eigenvalue weighted by molar-refractivity contribution is 9.10. The molecule has 2 rings (SSSR count). The molecule has 1 unspecified atom stereocenters. The van der Waals surface area contributed by atoms with Crippen molar-refractivity contribution < 1.29 is 9.13 Å². The van der Waals surface area contributed by atoms with Crippen LogP contribution in [0.1, 0.15) is 24.5 Å². The Morgan fingerprint density at radius 1 is 1.19 bits per heavy atom. The minimum absolute atomic E-state index is 0.165. The van der Waals surface area contributed by atoms with Crippen molar-refractivity contribution in [3.05, 3.63) is 57.8 Å². The molecule has 0 saturated heterocycles. The number of halogens is 2. The predicted octanol–water partition coefficient (Wildman–Crippen LogP) is 4.97. The fourth-order valence-corrected chi connectivity index (χ4v) is 2.41. The summed E-state index contributed by atoms with van der Waals surface area (Å²) in [5.74, 6) is 0.487. The lowest BCUT2D eigenvalue weighted by Crippen LogP contribution is -2.21. The zero-order valence-electron chi connectivity index (χ0n) is 12.2. The molecule has 0 fully saturated rings. The second-order valence-electron chi connectivity index (χ2n) is 5.15. The Kier molecular flexibility index (Phi) is 5.37. The SMILES string of the molecule is CCC(N)Cc1ccc(Oc2cc(Br)ccc2F)c(C)c1. The van der Waals surface area contributed by atoms with Gasteiger partial charge in [-0.2, -0.15) is 0 Å². The van der Waals surface area contributed by atoms with Gasteiger partial charge in [-0.15, -0.1) is 0 Å². The van der Waals surface area contributed by atoms with E-state index < -0.39 is 0 Å². The number of aryl methyl sites for hydroxylation is 1. The highest BCUT2D eigenvalue weighted by Crippen LogP contribution is 2.30. The molecule has 0 spiro atoms. The summed E-state index contributed by atoms with van der Waals surface area (Å²) < 4.78 is 20.2. The van der Waals surface area contributed by atoms with Crippen molar-refractivity contribution in [3.63, 3.8) is 0 Å². The maximum absolute atomic E-state index is 13.7. The van der Waals surface area contributed by atoms with Crippen LogP contribution in [0.15, 0.2) is 40.9 Å². The molecule has 21 heavy (non-hydrogen) atoms. The molecule has 4 heteroatoms. The summed E-state index contributed by atoms with van der Waals surface area (Å²) in [4.78, 5) is 0. The fraction of sp³-hybridized carbons (Fsp3) is 0.294. The molecule has 112 valence electrons. The molecule has 0 aliphatic rings. The van der Waals surface area contributed by atoms with Crippen LogP contribution < -0.4 is 10.5 Å². The molecule has 0 amide bonds. The van der Waals surface area contributed by atoms with Crippen molar-refractivity contribution in [1.29, 1.82) is 0 Å². The summed E-state index contributed by atoms with van der Waals surface area (Å²) in [6, 6.07) is 10.7. The number of rotatable bonds is 5. The van der Waals surface area contributed by atoms with Gasteiger partial charge in [0.1, 0.15) is 5.75 Å². The first-order valence-corrected chi connectivity index (χ1v) is 7.77. The largest absolute Gasteiger partial charge is 0.454 e. The van der Waals surface area contributed by atoms with Crippen LogP contribution >= 0.6 is 15.9 Å². The average molecular weight is 352 g/mol. The van der Waals surface area contributed by atoms with Crippen LogP contribution in [0.2, 0.25) is 0 Å². The summed E-state index contributed by atoms with van der Waals surface area (Å²) in [5.41, 5.74) is 8.11. The molecule has 0 aromatic heterocycles. The van der Waals surface area contributed by atoms with E-state index in [2.05, 4.69) is 22.9 Å². The standard InChI is InChI=1S/C17H19BrFNO/c1-3-14(20)9-12-4-7-16(11(2)8-12)21-17-10-13(18)5-6-15(17)19/h4-8,10,14H,3,9,20H2,1-2H3. The van der Waals surface area contributed by atoms with E-state index in [1.807, 2.05) is 25.1 Å². The molecule has 0 saturated carbocycles. The quantitative estimate of drug-likeness (QED) is 0.825. The molecule has 2 nitrogen and oxygen atoms in total. The number of ether oxygens (including phenoxy) is 1. The highest BCUT2D eigenvalue weighted by Gasteiger charge is 2.09. The Morgan fingerprint density at radius 3 is 2.62 bits per heavy atom.